The molecule has 1 aliphatic rings. The van der Waals surface area contributed by atoms with Crippen LogP contribution in [0.25, 0.3) is 0 Å². The molecule has 0 spiro atoms. The molecule has 210 valence electrons. The summed E-state index contributed by atoms with van der Waals surface area (Å²) in [6.45, 7) is 2.06. The second-order valence-corrected chi connectivity index (χ2v) is 11.0. The Morgan fingerprint density at radius 2 is 1.56 bits per heavy atom. The number of aliphatic hydroxyl groups is 1. The highest BCUT2D eigenvalue weighted by Gasteiger charge is 2.38. The van der Waals surface area contributed by atoms with Crippen molar-refractivity contribution in [2.24, 2.45) is 5.92 Å². The Bertz CT molecular complexity index is 1480. The number of aromatic carboxylic acids is 1. The molecule has 41 heavy (non-hydrogen) atoms. The Kier molecular flexibility index (Phi) is 9.16. The van der Waals surface area contributed by atoms with Crippen LogP contribution in [0.5, 0.6) is 0 Å². The molecule has 5 rings (SSSR count). The average molecular weight is 570 g/mol. The Labute approximate surface area is 243 Å². The number of carboxylic acids is 1. The molecule has 4 atom stereocenters. The minimum atomic E-state index is -0.956. The quantitative estimate of drug-likeness (QED) is 0.192. The van der Waals surface area contributed by atoms with Gasteiger partial charge in [0.1, 0.15) is 0 Å². The molecule has 1 amide bonds. The number of thioether (sulfide) groups is 1. The number of hydrogen-bond donors (Lipinski definition) is 3. The fraction of sp³-hybridized carbons (Fsp3) is 0.212. The molecular weight excluding hydrogens is 538 g/mol. The maximum Gasteiger partial charge on any atom is 0.335 e. The smallest absolute Gasteiger partial charge is 0.335 e. The van der Waals surface area contributed by atoms with Gasteiger partial charge in [-0.3, -0.25) is 4.79 Å². The molecular formula is C33H31NO6S. The lowest BCUT2D eigenvalue weighted by Gasteiger charge is -2.41. The van der Waals surface area contributed by atoms with E-state index in [0.29, 0.717) is 17.0 Å². The molecule has 0 saturated carbocycles. The number of amides is 1. The Morgan fingerprint density at radius 3 is 2.24 bits per heavy atom. The minimum Gasteiger partial charge on any atom is -0.478 e. The van der Waals surface area contributed by atoms with Gasteiger partial charge in [-0.15, -0.1) is 11.8 Å². The van der Waals surface area contributed by atoms with E-state index in [2.05, 4.69) is 12.2 Å². The van der Waals surface area contributed by atoms with E-state index in [1.165, 1.54) is 0 Å². The van der Waals surface area contributed by atoms with Crippen molar-refractivity contribution >= 4 is 29.3 Å². The van der Waals surface area contributed by atoms with Crippen molar-refractivity contribution in [3.8, 4) is 0 Å². The summed E-state index contributed by atoms with van der Waals surface area (Å²) in [6, 6.07) is 31.0. The van der Waals surface area contributed by atoms with Crippen LogP contribution in [-0.4, -0.2) is 33.9 Å². The SMILES string of the molecule is C[C@@H]1[C@H](CSc2ccc(C(=O)O)cc2)O[C@H](c2cccc(NC(=O)c3ccccc3)c2)O[C@@H]1c1ccc(CO)cc1. The van der Waals surface area contributed by atoms with Crippen LogP contribution >= 0.6 is 11.8 Å². The Morgan fingerprint density at radius 1 is 0.829 bits per heavy atom. The van der Waals surface area contributed by atoms with Crippen molar-refractivity contribution in [3.05, 3.63) is 131 Å². The van der Waals surface area contributed by atoms with Gasteiger partial charge in [-0.1, -0.05) is 61.5 Å². The predicted octanol–water partition coefficient (Wildman–Crippen LogP) is 6.71. The van der Waals surface area contributed by atoms with Crippen LogP contribution in [0.1, 0.15) is 56.7 Å². The van der Waals surface area contributed by atoms with Crippen molar-refractivity contribution in [1.29, 1.82) is 0 Å². The molecule has 1 aliphatic heterocycles. The molecule has 8 heteroatoms. The van der Waals surface area contributed by atoms with E-state index in [-0.39, 0.29) is 36.2 Å². The van der Waals surface area contributed by atoms with Crippen LogP contribution in [0.3, 0.4) is 0 Å². The van der Waals surface area contributed by atoms with Gasteiger partial charge >= 0.3 is 5.97 Å². The molecule has 4 aromatic rings. The standard InChI is InChI=1S/C33H31NO6S/c1-21-29(20-41-28-16-14-25(15-17-28)32(37)38)39-33(40-30(21)23-12-10-22(19-35)11-13-23)26-8-5-9-27(18-26)34-31(36)24-6-3-2-4-7-24/h2-18,21,29-30,33,35H,19-20H2,1H3,(H,34,36)(H,37,38)/t21-,29+,30+,33+/m1/s1. The number of carboxylic acid groups (broad SMARTS) is 1. The van der Waals surface area contributed by atoms with E-state index in [1.807, 2.05) is 66.7 Å². The number of benzene rings is 4. The fourth-order valence-corrected chi connectivity index (χ4v) is 5.81. The summed E-state index contributed by atoms with van der Waals surface area (Å²) in [5.41, 5.74) is 4.03. The maximum atomic E-state index is 12.7. The molecule has 7 nitrogen and oxygen atoms in total. The van der Waals surface area contributed by atoms with Gasteiger partial charge in [0.05, 0.1) is 24.4 Å². The van der Waals surface area contributed by atoms with E-state index in [4.69, 9.17) is 9.47 Å². The lowest BCUT2D eigenvalue weighted by atomic mass is 9.91. The van der Waals surface area contributed by atoms with Crippen LogP contribution in [-0.2, 0) is 16.1 Å². The molecule has 0 bridgehead atoms. The van der Waals surface area contributed by atoms with Gasteiger partial charge in [0.2, 0.25) is 0 Å². The van der Waals surface area contributed by atoms with E-state index in [9.17, 15) is 19.8 Å². The van der Waals surface area contributed by atoms with Gasteiger partial charge in [-0.25, -0.2) is 4.79 Å². The van der Waals surface area contributed by atoms with Gasteiger partial charge in [0, 0.05) is 33.4 Å². The minimum absolute atomic E-state index is 0.00187. The monoisotopic (exact) mass is 569 g/mol. The third-order valence-electron chi connectivity index (χ3n) is 7.09. The van der Waals surface area contributed by atoms with Gasteiger partial charge in [0.15, 0.2) is 6.29 Å². The van der Waals surface area contributed by atoms with Gasteiger partial charge in [-0.2, -0.15) is 0 Å². The summed E-state index contributed by atoms with van der Waals surface area (Å²) in [7, 11) is 0. The first-order valence-electron chi connectivity index (χ1n) is 13.3. The van der Waals surface area contributed by atoms with Gasteiger partial charge < -0.3 is 25.0 Å². The second kappa shape index (κ2) is 13.1. The van der Waals surface area contributed by atoms with Crippen molar-refractivity contribution in [1.82, 2.24) is 0 Å². The van der Waals surface area contributed by atoms with E-state index < -0.39 is 12.3 Å². The summed E-state index contributed by atoms with van der Waals surface area (Å²) in [6.07, 6.45) is -1.14. The third kappa shape index (κ3) is 7.04. The van der Waals surface area contributed by atoms with Crippen LogP contribution in [0.2, 0.25) is 0 Å². The number of rotatable bonds is 9. The lowest BCUT2D eigenvalue weighted by Crippen LogP contribution is -2.38. The molecule has 1 saturated heterocycles. The highest BCUT2D eigenvalue weighted by Crippen LogP contribution is 2.43. The molecule has 0 aliphatic carbocycles. The Balaban J connectivity index is 1.37. The van der Waals surface area contributed by atoms with Crippen molar-refractivity contribution in [3.63, 3.8) is 0 Å². The molecule has 3 N–H and O–H groups in total. The maximum absolute atomic E-state index is 12.7. The summed E-state index contributed by atoms with van der Waals surface area (Å²) in [5.74, 6) is -0.531. The predicted molar refractivity (Wildman–Crippen MR) is 158 cm³/mol. The van der Waals surface area contributed by atoms with Crippen molar-refractivity contribution in [2.75, 3.05) is 11.1 Å². The van der Waals surface area contributed by atoms with Crippen LogP contribution in [0, 0.1) is 5.92 Å². The van der Waals surface area contributed by atoms with Crippen LogP contribution in [0.4, 0.5) is 5.69 Å². The first kappa shape index (κ1) is 28.6. The number of hydrogen-bond acceptors (Lipinski definition) is 6. The second-order valence-electron chi connectivity index (χ2n) is 9.91. The van der Waals surface area contributed by atoms with Crippen molar-refractivity contribution < 1.29 is 29.3 Å². The van der Waals surface area contributed by atoms with Crippen molar-refractivity contribution in [2.45, 2.75) is 36.9 Å². The number of ether oxygens (including phenoxy) is 2. The lowest BCUT2D eigenvalue weighted by molar-refractivity contribution is -0.268. The number of aliphatic hydroxyl groups excluding tert-OH is 1. The molecule has 1 heterocycles. The average Bonchev–Trinajstić information content (AvgIpc) is 3.01. The third-order valence-corrected chi connectivity index (χ3v) is 8.19. The normalized spacial score (nSPS) is 20.3. The van der Waals surface area contributed by atoms with Crippen LogP contribution in [0.15, 0.2) is 108 Å². The molecule has 4 aromatic carbocycles. The molecule has 1 fully saturated rings. The van der Waals surface area contributed by atoms with Gasteiger partial charge in [0.25, 0.3) is 5.91 Å². The zero-order valence-corrected chi connectivity index (χ0v) is 23.3. The zero-order valence-electron chi connectivity index (χ0n) is 22.5. The summed E-state index contributed by atoms with van der Waals surface area (Å²) in [5, 5.41) is 21.6. The first-order valence-corrected chi connectivity index (χ1v) is 14.3. The summed E-state index contributed by atoms with van der Waals surface area (Å²) >= 11 is 1.60. The topological polar surface area (TPSA) is 105 Å². The molecule has 0 aromatic heterocycles. The first-order chi connectivity index (χ1) is 19.9. The number of anilines is 1. The number of nitrogens with one attached hydrogen (secondary N) is 1. The number of carbonyl (C=O) groups is 2. The van der Waals surface area contributed by atoms with E-state index >= 15 is 0 Å². The van der Waals surface area contributed by atoms with E-state index in [0.717, 1.165) is 21.6 Å². The Hall–Kier alpha value is -3.95. The number of carbonyl (C=O) groups excluding carboxylic acids is 1. The molecule has 0 unspecified atom stereocenters. The highest BCUT2D eigenvalue weighted by atomic mass is 32.2. The highest BCUT2D eigenvalue weighted by molar-refractivity contribution is 7.99. The van der Waals surface area contributed by atoms with Gasteiger partial charge in [-0.05, 0) is 59.7 Å². The molecule has 0 radical (unpaired) electrons. The summed E-state index contributed by atoms with van der Waals surface area (Å²) in [4.78, 5) is 24.9. The summed E-state index contributed by atoms with van der Waals surface area (Å²) < 4.78 is 13.1. The van der Waals surface area contributed by atoms with Crippen LogP contribution < -0.4 is 5.32 Å². The zero-order chi connectivity index (χ0) is 28.8. The van der Waals surface area contributed by atoms with E-state index in [1.54, 1.807) is 48.2 Å². The largest absolute Gasteiger partial charge is 0.478 e. The fourth-order valence-electron chi connectivity index (χ4n) is 4.74.